The number of rotatable bonds is 3. The number of anilines is 1. The van der Waals surface area contributed by atoms with Crippen LogP contribution >= 0.6 is 0 Å². The fourth-order valence-electron chi connectivity index (χ4n) is 2.28. The van der Waals surface area contributed by atoms with Crippen molar-refractivity contribution in [1.29, 1.82) is 0 Å². The van der Waals surface area contributed by atoms with Crippen molar-refractivity contribution in [2.24, 2.45) is 0 Å². The molecule has 1 aromatic rings. The van der Waals surface area contributed by atoms with Gasteiger partial charge in [0.05, 0.1) is 0 Å². The highest BCUT2D eigenvalue weighted by molar-refractivity contribution is 5.84. The monoisotopic (exact) mass is 305 g/mol. The first-order valence-electron chi connectivity index (χ1n) is 6.67. The Balaban J connectivity index is 2.15. The van der Waals surface area contributed by atoms with Crippen LogP contribution in [0.2, 0.25) is 0 Å². The van der Waals surface area contributed by atoms with E-state index in [0.29, 0.717) is 13.1 Å². The molecule has 1 unspecified atom stereocenters. The summed E-state index contributed by atoms with van der Waals surface area (Å²) >= 11 is 0. The Hall–Kier alpha value is -1.86. The van der Waals surface area contributed by atoms with Gasteiger partial charge in [-0.3, -0.25) is 4.79 Å². The number of pyridine rings is 1. The van der Waals surface area contributed by atoms with Crippen LogP contribution in [0.3, 0.4) is 0 Å². The molecule has 2 heterocycles. The lowest BCUT2D eigenvalue weighted by Gasteiger charge is -2.29. The van der Waals surface area contributed by atoms with E-state index in [-0.39, 0.29) is 5.91 Å². The average Bonchev–Trinajstić information content (AvgIpc) is 2.49. The van der Waals surface area contributed by atoms with E-state index in [1.165, 1.54) is 6.92 Å². The van der Waals surface area contributed by atoms with E-state index in [9.17, 15) is 22.4 Å². The molecule has 1 amide bonds. The van der Waals surface area contributed by atoms with Gasteiger partial charge in [0.15, 0.2) is 0 Å². The van der Waals surface area contributed by atoms with Crippen LogP contribution in [-0.4, -0.2) is 34.9 Å². The van der Waals surface area contributed by atoms with Crippen LogP contribution < -0.4 is 5.32 Å². The summed E-state index contributed by atoms with van der Waals surface area (Å²) < 4.78 is 52.9. The maximum absolute atomic E-state index is 13.5. The van der Waals surface area contributed by atoms with Gasteiger partial charge in [-0.2, -0.15) is 22.5 Å². The molecule has 1 saturated heterocycles. The quantitative estimate of drug-likeness (QED) is 0.689. The van der Waals surface area contributed by atoms with Crippen molar-refractivity contribution in [3.8, 4) is 0 Å². The summed E-state index contributed by atoms with van der Waals surface area (Å²) in [5, 5.41) is 2.20. The standard InChI is InChI=1S/C13H15F4N3O/c1-7(13(21)20-5-3-2-4-6-20)18-10-8(14)11(16)19-12(17)9(10)15/h7H,2-6H2,1H3,(H,18,19). The van der Waals surface area contributed by atoms with Gasteiger partial charge in [-0.05, 0) is 26.2 Å². The van der Waals surface area contributed by atoms with Crippen LogP contribution in [-0.2, 0) is 4.79 Å². The second-order valence-corrected chi connectivity index (χ2v) is 4.95. The van der Waals surface area contributed by atoms with Crippen LogP contribution in [0.4, 0.5) is 23.2 Å². The average molecular weight is 305 g/mol. The SMILES string of the molecule is CC(Nc1c(F)c(F)nc(F)c1F)C(=O)N1CCCCC1. The van der Waals surface area contributed by atoms with Crippen molar-refractivity contribution < 1.29 is 22.4 Å². The normalized spacial score (nSPS) is 16.7. The van der Waals surface area contributed by atoms with Gasteiger partial charge in [0.2, 0.25) is 17.5 Å². The topological polar surface area (TPSA) is 45.2 Å². The van der Waals surface area contributed by atoms with Gasteiger partial charge >= 0.3 is 0 Å². The van der Waals surface area contributed by atoms with Crippen LogP contribution in [0.15, 0.2) is 0 Å². The first-order chi connectivity index (χ1) is 9.91. The second kappa shape index (κ2) is 6.28. The number of hydrogen-bond acceptors (Lipinski definition) is 3. The lowest BCUT2D eigenvalue weighted by Crippen LogP contribution is -2.44. The number of nitrogens with zero attached hydrogens (tertiary/aromatic N) is 2. The molecule has 0 spiro atoms. The third-order valence-corrected chi connectivity index (χ3v) is 3.40. The number of carbonyl (C=O) groups excluding carboxylic acids is 1. The van der Waals surface area contributed by atoms with Gasteiger partial charge in [0.25, 0.3) is 11.9 Å². The van der Waals surface area contributed by atoms with E-state index >= 15 is 0 Å². The number of nitrogens with one attached hydrogen (secondary N) is 1. The smallest absolute Gasteiger partial charge is 0.253 e. The molecule has 0 saturated carbocycles. The Labute approximate surface area is 119 Å². The summed E-state index contributed by atoms with van der Waals surface area (Å²) in [7, 11) is 0. The summed E-state index contributed by atoms with van der Waals surface area (Å²) in [6, 6.07) is -1.01. The van der Waals surface area contributed by atoms with Crippen molar-refractivity contribution in [2.45, 2.75) is 32.2 Å². The fourth-order valence-corrected chi connectivity index (χ4v) is 2.28. The molecule has 0 aliphatic carbocycles. The highest BCUT2D eigenvalue weighted by Crippen LogP contribution is 2.23. The molecular formula is C13H15F4N3O. The molecular weight excluding hydrogens is 290 g/mol. The molecule has 0 bridgehead atoms. The predicted octanol–water partition coefficient (Wildman–Crippen LogP) is 2.45. The third-order valence-electron chi connectivity index (χ3n) is 3.40. The van der Waals surface area contributed by atoms with Crippen LogP contribution in [0.25, 0.3) is 0 Å². The molecule has 1 aromatic heterocycles. The van der Waals surface area contributed by atoms with Crippen molar-refractivity contribution >= 4 is 11.6 Å². The van der Waals surface area contributed by atoms with E-state index in [2.05, 4.69) is 10.3 Å². The van der Waals surface area contributed by atoms with Gasteiger partial charge < -0.3 is 10.2 Å². The zero-order valence-corrected chi connectivity index (χ0v) is 11.4. The van der Waals surface area contributed by atoms with Gasteiger partial charge in [0.1, 0.15) is 11.7 Å². The number of aromatic nitrogens is 1. The molecule has 0 radical (unpaired) electrons. The lowest BCUT2D eigenvalue weighted by molar-refractivity contribution is -0.132. The number of likely N-dealkylation sites (tertiary alicyclic amines) is 1. The minimum Gasteiger partial charge on any atom is -0.369 e. The highest BCUT2D eigenvalue weighted by Gasteiger charge is 2.26. The zero-order chi connectivity index (χ0) is 15.6. The molecule has 1 N–H and O–H groups in total. The Morgan fingerprint density at radius 3 is 2.14 bits per heavy atom. The van der Waals surface area contributed by atoms with Crippen molar-refractivity contribution in [3.05, 3.63) is 23.5 Å². The molecule has 8 heteroatoms. The molecule has 1 aliphatic heterocycles. The molecule has 1 fully saturated rings. The molecule has 0 aromatic carbocycles. The molecule has 21 heavy (non-hydrogen) atoms. The van der Waals surface area contributed by atoms with Gasteiger partial charge in [-0.1, -0.05) is 0 Å². The zero-order valence-electron chi connectivity index (χ0n) is 11.4. The van der Waals surface area contributed by atoms with Gasteiger partial charge in [-0.25, -0.2) is 0 Å². The molecule has 1 atom stereocenters. The molecule has 2 rings (SSSR count). The van der Waals surface area contributed by atoms with Gasteiger partial charge in [0, 0.05) is 13.1 Å². The molecule has 4 nitrogen and oxygen atoms in total. The number of amides is 1. The Morgan fingerprint density at radius 2 is 1.62 bits per heavy atom. The minimum absolute atomic E-state index is 0.369. The Kier molecular flexibility index (Phi) is 4.64. The van der Waals surface area contributed by atoms with E-state index in [1.54, 1.807) is 4.90 Å². The first-order valence-corrected chi connectivity index (χ1v) is 6.67. The maximum Gasteiger partial charge on any atom is 0.253 e. The van der Waals surface area contributed by atoms with E-state index < -0.39 is 35.3 Å². The Bertz CT molecular complexity index is 520. The number of carbonyl (C=O) groups is 1. The summed E-state index contributed by atoms with van der Waals surface area (Å²) in [5.74, 6) is -7.17. The fraction of sp³-hybridized carbons (Fsp3) is 0.538. The summed E-state index contributed by atoms with van der Waals surface area (Å²) in [6.07, 6.45) is 2.75. The van der Waals surface area contributed by atoms with Crippen LogP contribution in [0.5, 0.6) is 0 Å². The lowest BCUT2D eigenvalue weighted by atomic mass is 10.1. The van der Waals surface area contributed by atoms with E-state index in [4.69, 9.17) is 0 Å². The van der Waals surface area contributed by atoms with E-state index in [1.807, 2.05) is 0 Å². The summed E-state index contributed by atoms with van der Waals surface area (Å²) in [5.41, 5.74) is -1.02. The molecule has 1 aliphatic rings. The van der Waals surface area contributed by atoms with Crippen molar-refractivity contribution in [2.75, 3.05) is 18.4 Å². The summed E-state index contributed by atoms with van der Waals surface area (Å²) in [6.45, 7) is 2.51. The largest absolute Gasteiger partial charge is 0.369 e. The molecule has 116 valence electrons. The van der Waals surface area contributed by atoms with Gasteiger partial charge in [-0.15, -0.1) is 0 Å². The van der Waals surface area contributed by atoms with Crippen molar-refractivity contribution in [3.63, 3.8) is 0 Å². The van der Waals surface area contributed by atoms with Crippen LogP contribution in [0, 0.1) is 23.5 Å². The number of piperidine rings is 1. The van der Waals surface area contributed by atoms with E-state index in [0.717, 1.165) is 19.3 Å². The van der Waals surface area contributed by atoms with Crippen molar-refractivity contribution in [1.82, 2.24) is 9.88 Å². The minimum atomic E-state index is -1.76. The second-order valence-electron chi connectivity index (χ2n) is 4.95. The number of hydrogen-bond donors (Lipinski definition) is 1. The maximum atomic E-state index is 13.5. The highest BCUT2D eigenvalue weighted by atomic mass is 19.2. The number of halogens is 4. The Morgan fingerprint density at radius 1 is 1.10 bits per heavy atom. The predicted molar refractivity (Wildman–Crippen MR) is 67.6 cm³/mol. The first kappa shape index (κ1) is 15.5. The third kappa shape index (κ3) is 3.25. The summed E-state index contributed by atoms with van der Waals surface area (Å²) in [4.78, 5) is 16.1. The van der Waals surface area contributed by atoms with Crippen LogP contribution in [0.1, 0.15) is 26.2 Å².